The van der Waals surface area contributed by atoms with Crippen LogP contribution in [0, 0.1) is 5.82 Å². The van der Waals surface area contributed by atoms with Crippen molar-refractivity contribution < 1.29 is 28.2 Å². The van der Waals surface area contributed by atoms with Gasteiger partial charge in [-0.05, 0) is 60.7 Å². The molecule has 4 aliphatic rings. The van der Waals surface area contributed by atoms with Crippen LogP contribution in [0.1, 0.15) is 60.0 Å². The summed E-state index contributed by atoms with van der Waals surface area (Å²) in [6.45, 7) is 2.76. The summed E-state index contributed by atoms with van der Waals surface area (Å²) in [4.78, 5) is 30.3. The number of morpholine rings is 1. The monoisotopic (exact) mass is 520 g/mol. The summed E-state index contributed by atoms with van der Waals surface area (Å²) in [6.07, 6.45) is 6.90. The number of hydrogen-bond acceptors (Lipinski definition) is 5. The van der Waals surface area contributed by atoms with E-state index in [4.69, 9.17) is 14.2 Å². The highest BCUT2D eigenvalue weighted by atomic mass is 19.1. The zero-order chi connectivity index (χ0) is 26.1. The van der Waals surface area contributed by atoms with Gasteiger partial charge in [-0.25, -0.2) is 4.39 Å². The topological polar surface area (TPSA) is 68.3 Å². The molecule has 2 aromatic carbocycles. The highest BCUT2D eigenvalue weighted by Gasteiger charge is 2.42. The Labute approximate surface area is 222 Å². The average molecular weight is 521 g/mol. The van der Waals surface area contributed by atoms with Gasteiger partial charge in [0.05, 0.1) is 19.3 Å². The second kappa shape index (κ2) is 10.5. The van der Waals surface area contributed by atoms with E-state index in [0.29, 0.717) is 57.0 Å². The smallest absolute Gasteiger partial charge is 0.289 e. The molecule has 38 heavy (non-hydrogen) atoms. The molecule has 0 N–H and O–H groups in total. The van der Waals surface area contributed by atoms with Crippen LogP contribution in [0.4, 0.5) is 4.39 Å². The van der Waals surface area contributed by atoms with E-state index in [2.05, 4.69) is 0 Å². The first-order chi connectivity index (χ1) is 18.5. The van der Waals surface area contributed by atoms with Crippen LogP contribution in [0.2, 0.25) is 0 Å². The van der Waals surface area contributed by atoms with E-state index in [0.717, 1.165) is 36.8 Å². The predicted molar refractivity (Wildman–Crippen MR) is 138 cm³/mol. The van der Waals surface area contributed by atoms with Gasteiger partial charge in [0.15, 0.2) is 11.5 Å². The Balaban J connectivity index is 1.16. The fourth-order valence-electron chi connectivity index (χ4n) is 6.09. The van der Waals surface area contributed by atoms with E-state index in [1.165, 1.54) is 12.1 Å². The molecule has 200 valence electrons. The van der Waals surface area contributed by atoms with Gasteiger partial charge in [-0.15, -0.1) is 0 Å². The fraction of sp³-hybridized carbons (Fsp3) is 0.467. The molecule has 6 rings (SSSR count). The number of benzene rings is 2. The van der Waals surface area contributed by atoms with Crippen molar-refractivity contribution in [3.05, 3.63) is 76.8 Å². The number of ether oxygens (including phenoxy) is 3. The third kappa shape index (κ3) is 5.07. The van der Waals surface area contributed by atoms with E-state index < -0.39 is 5.79 Å². The van der Waals surface area contributed by atoms with Crippen LogP contribution in [-0.2, 0) is 25.5 Å². The number of carbonyl (C=O) groups is 2. The summed E-state index contributed by atoms with van der Waals surface area (Å²) < 4.78 is 31.6. The fourth-order valence-corrected chi connectivity index (χ4v) is 6.09. The first kappa shape index (κ1) is 25.1. The van der Waals surface area contributed by atoms with Crippen LogP contribution in [0.15, 0.2) is 54.3 Å². The SMILES string of the molecule is O=C(c1ccc(/C=C2\OC3CCCCC3N(Cc3cccc(F)c3)C2=O)cc1)N1CCC2(CC1)OCCO2. The van der Waals surface area contributed by atoms with Crippen molar-refractivity contribution in [3.8, 4) is 0 Å². The first-order valence-electron chi connectivity index (χ1n) is 13.6. The van der Waals surface area contributed by atoms with Gasteiger partial charge in [0.2, 0.25) is 0 Å². The minimum atomic E-state index is -0.515. The standard InChI is InChI=1S/C30H33FN2O5/c31-24-5-3-4-22(18-24)20-33-25-6-1-2-7-26(25)38-27(29(33)35)19-21-8-10-23(11-9-21)28(34)32-14-12-30(13-15-32)36-16-17-37-30/h3-5,8-11,18-19,25-26H,1-2,6-7,12-17,20H2/b27-19-. The number of likely N-dealkylation sites (tertiary alicyclic amines) is 1. The molecule has 3 aliphatic heterocycles. The predicted octanol–water partition coefficient (Wildman–Crippen LogP) is 4.52. The van der Waals surface area contributed by atoms with Crippen LogP contribution >= 0.6 is 0 Å². The third-order valence-corrected chi connectivity index (χ3v) is 8.14. The molecule has 2 aromatic rings. The summed E-state index contributed by atoms with van der Waals surface area (Å²) >= 11 is 0. The molecular formula is C30H33FN2O5. The highest BCUT2D eigenvalue weighted by Crippen LogP contribution is 2.35. The third-order valence-electron chi connectivity index (χ3n) is 8.14. The molecule has 2 amide bonds. The van der Waals surface area contributed by atoms with Crippen molar-refractivity contribution in [2.45, 2.75) is 63.0 Å². The number of fused-ring (bicyclic) bond motifs is 1. The maximum Gasteiger partial charge on any atom is 0.289 e. The van der Waals surface area contributed by atoms with Gasteiger partial charge >= 0.3 is 0 Å². The lowest BCUT2D eigenvalue weighted by molar-refractivity contribution is -0.181. The number of carbonyl (C=O) groups excluding carboxylic acids is 2. The first-order valence-corrected chi connectivity index (χ1v) is 13.6. The van der Waals surface area contributed by atoms with Gasteiger partial charge in [0, 0.05) is 38.0 Å². The highest BCUT2D eigenvalue weighted by molar-refractivity contribution is 5.97. The van der Waals surface area contributed by atoms with Gasteiger partial charge < -0.3 is 24.0 Å². The average Bonchev–Trinajstić information content (AvgIpc) is 3.39. The quantitative estimate of drug-likeness (QED) is 0.555. The molecule has 2 atom stereocenters. The van der Waals surface area contributed by atoms with Crippen molar-refractivity contribution >= 4 is 17.9 Å². The zero-order valence-corrected chi connectivity index (χ0v) is 21.4. The summed E-state index contributed by atoms with van der Waals surface area (Å²) in [6, 6.07) is 13.7. The maximum absolute atomic E-state index is 13.8. The van der Waals surface area contributed by atoms with E-state index in [9.17, 15) is 14.0 Å². The van der Waals surface area contributed by atoms with E-state index in [1.807, 2.05) is 28.0 Å². The molecule has 0 aromatic heterocycles. The number of piperidine rings is 1. The van der Waals surface area contributed by atoms with Crippen molar-refractivity contribution in [1.82, 2.24) is 9.80 Å². The number of hydrogen-bond donors (Lipinski definition) is 0. The Bertz CT molecular complexity index is 1210. The van der Waals surface area contributed by atoms with E-state index >= 15 is 0 Å². The Hall–Kier alpha value is -3.23. The molecule has 4 fully saturated rings. The molecule has 3 saturated heterocycles. The van der Waals surface area contributed by atoms with Crippen molar-refractivity contribution in [2.75, 3.05) is 26.3 Å². The Morgan fingerprint density at radius 3 is 2.50 bits per heavy atom. The minimum Gasteiger partial charge on any atom is -0.482 e. The Morgan fingerprint density at radius 2 is 1.76 bits per heavy atom. The molecular weight excluding hydrogens is 487 g/mol. The molecule has 8 heteroatoms. The van der Waals surface area contributed by atoms with Crippen LogP contribution < -0.4 is 0 Å². The van der Waals surface area contributed by atoms with Gasteiger partial charge in [0.25, 0.3) is 11.8 Å². The van der Waals surface area contributed by atoms with Gasteiger partial charge in [-0.2, -0.15) is 0 Å². The van der Waals surface area contributed by atoms with Crippen LogP contribution in [0.3, 0.4) is 0 Å². The minimum absolute atomic E-state index is 0.0135. The van der Waals surface area contributed by atoms with Gasteiger partial charge in [0.1, 0.15) is 11.9 Å². The zero-order valence-electron chi connectivity index (χ0n) is 21.4. The molecule has 7 nitrogen and oxygen atoms in total. The largest absolute Gasteiger partial charge is 0.482 e. The lowest BCUT2D eigenvalue weighted by Gasteiger charge is -2.44. The summed E-state index contributed by atoms with van der Waals surface area (Å²) in [5, 5.41) is 0. The molecule has 0 radical (unpaired) electrons. The number of halogens is 1. The molecule has 1 aliphatic carbocycles. The van der Waals surface area contributed by atoms with Crippen molar-refractivity contribution in [2.24, 2.45) is 0 Å². The second-order valence-electron chi connectivity index (χ2n) is 10.6. The molecule has 1 spiro atoms. The number of nitrogens with zero attached hydrogens (tertiary/aromatic N) is 2. The normalized spacial score (nSPS) is 25.9. The number of amides is 2. The summed E-state index contributed by atoms with van der Waals surface area (Å²) in [5.74, 6) is -0.733. The Morgan fingerprint density at radius 1 is 1.03 bits per heavy atom. The van der Waals surface area contributed by atoms with Gasteiger partial charge in [-0.3, -0.25) is 9.59 Å². The molecule has 0 bridgehead atoms. The van der Waals surface area contributed by atoms with Crippen LogP contribution in [-0.4, -0.2) is 65.9 Å². The van der Waals surface area contributed by atoms with Crippen molar-refractivity contribution in [3.63, 3.8) is 0 Å². The molecule has 3 heterocycles. The lowest BCUT2D eigenvalue weighted by atomic mass is 9.89. The Kier molecular flexibility index (Phi) is 6.93. The van der Waals surface area contributed by atoms with E-state index in [1.54, 1.807) is 24.3 Å². The van der Waals surface area contributed by atoms with Crippen LogP contribution in [0.5, 0.6) is 0 Å². The summed E-state index contributed by atoms with van der Waals surface area (Å²) in [7, 11) is 0. The number of rotatable bonds is 4. The maximum atomic E-state index is 13.8. The lowest BCUT2D eigenvalue weighted by Crippen LogP contribution is -2.54. The van der Waals surface area contributed by atoms with Crippen molar-refractivity contribution in [1.29, 1.82) is 0 Å². The summed E-state index contributed by atoms with van der Waals surface area (Å²) in [5.41, 5.74) is 2.16. The van der Waals surface area contributed by atoms with Crippen LogP contribution in [0.25, 0.3) is 6.08 Å². The molecule has 1 saturated carbocycles. The van der Waals surface area contributed by atoms with E-state index in [-0.39, 0.29) is 29.8 Å². The second-order valence-corrected chi connectivity index (χ2v) is 10.6. The van der Waals surface area contributed by atoms with Gasteiger partial charge in [-0.1, -0.05) is 30.7 Å². The molecule has 2 unspecified atom stereocenters.